The second-order valence-corrected chi connectivity index (χ2v) is 10.6. The van der Waals surface area contributed by atoms with Crippen molar-refractivity contribution in [3.8, 4) is 0 Å². The average Bonchev–Trinajstić information content (AvgIpc) is 2.85. The van der Waals surface area contributed by atoms with Gasteiger partial charge in [0, 0.05) is 17.9 Å². The largest absolute Gasteiger partial charge is 0.399 e. The third-order valence-corrected chi connectivity index (χ3v) is 8.53. The van der Waals surface area contributed by atoms with Gasteiger partial charge in [-0.25, -0.2) is 0 Å². The number of hydrogen-bond acceptors (Lipinski definition) is 2. The summed E-state index contributed by atoms with van der Waals surface area (Å²) < 4.78 is 0. The molecule has 0 spiro atoms. The molecule has 0 unspecified atom stereocenters. The molecule has 2 aliphatic carbocycles. The van der Waals surface area contributed by atoms with Gasteiger partial charge in [-0.05, 0) is 78.3 Å². The van der Waals surface area contributed by atoms with Gasteiger partial charge in [-0.15, -0.1) is 0 Å². The van der Waals surface area contributed by atoms with E-state index in [4.69, 9.17) is 5.73 Å². The number of hydrogen-bond donors (Lipinski definition) is 2. The van der Waals surface area contributed by atoms with E-state index in [1.54, 1.807) is 5.56 Å². The Hall–Kier alpha value is -1.96. The molecular weight excluding hydrogens is 388 g/mol. The molecule has 32 heavy (non-hydrogen) atoms. The Morgan fingerprint density at radius 2 is 1.53 bits per heavy atom. The van der Waals surface area contributed by atoms with Crippen molar-refractivity contribution in [3.05, 3.63) is 59.7 Å². The molecule has 0 heterocycles. The van der Waals surface area contributed by atoms with E-state index in [0.29, 0.717) is 5.41 Å². The molecule has 2 aromatic rings. The molecule has 0 aliphatic heterocycles. The second-order valence-electron chi connectivity index (χ2n) is 10.6. The summed E-state index contributed by atoms with van der Waals surface area (Å²) in [6.07, 6.45) is 18.6. The zero-order chi connectivity index (χ0) is 22.2. The highest BCUT2D eigenvalue weighted by Gasteiger charge is 2.42. The molecule has 3 N–H and O–H groups in total. The molecule has 2 nitrogen and oxygen atoms in total. The van der Waals surface area contributed by atoms with Crippen molar-refractivity contribution in [2.75, 3.05) is 11.1 Å². The predicted molar refractivity (Wildman–Crippen MR) is 139 cm³/mol. The van der Waals surface area contributed by atoms with Gasteiger partial charge >= 0.3 is 0 Å². The first-order chi connectivity index (χ1) is 15.7. The smallest absolute Gasteiger partial charge is 0.0400 e. The summed E-state index contributed by atoms with van der Waals surface area (Å²) in [6.45, 7) is 3.16. The lowest BCUT2D eigenvalue weighted by Gasteiger charge is -2.47. The number of unbranched alkanes of at least 4 members (excludes halogenated alkanes) is 2. The van der Waals surface area contributed by atoms with Gasteiger partial charge in [-0.3, -0.25) is 0 Å². The van der Waals surface area contributed by atoms with Crippen LogP contribution in [0.15, 0.2) is 48.5 Å². The van der Waals surface area contributed by atoms with E-state index >= 15 is 0 Å². The van der Waals surface area contributed by atoms with Crippen molar-refractivity contribution in [1.82, 2.24) is 0 Å². The molecule has 0 radical (unpaired) electrons. The van der Waals surface area contributed by atoms with E-state index < -0.39 is 0 Å². The maximum Gasteiger partial charge on any atom is 0.0400 e. The topological polar surface area (TPSA) is 38.0 Å². The Kier molecular flexibility index (Phi) is 8.16. The Morgan fingerprint density at radius 3 is 2.19 bits per heavy atom. The van der Waals surface area contributed by atoms with Crippen LogP contribution in [0.4, 0.5) is 11.4 Å². The monoisotopic (exact) mass is 432 g/mol. The van der Waals surface area contributed by atoms with Crippen LogP contribution in [0.1, 0.15) is 102 Å². The molecule has 174 valence electrons. The summed E-state index contributed by atoms with van der Waals surface area (Å²) in [6, 6.07) is 17.7. The van der Waals surface area contributed by atoms with Crippen LogP contribution in [-0.2, 0) is 12.0 Å². The van der Waals surface area contributed by atoms with Crippen LogP contribution in [0.25, 0.3) is 0 Å². The molecule has 0 bridgehead atoms. The van der Waals surface area contributed by atoms with Gasteiger partial charge in [0.1, 0.15) is 0 Å². The molecule has 2 heteroatoms. The fourth-order valence-corrected chi connectivity index (χ4v) is 6.56. The number of nitrogens with two attached hydrogens (primary N) is 1. The Morgan fingerprint density at radius 1 is 0.844 bits per heavy atom. The highest BCUT2D eigenvalue weighted by molar-refractivity contribution is 5.47. The standard InChI is InChI=1S/C30H44N2/c1-2-3-5-8-24-9-13-26(14-10-24)30(21-6-4-7-22-30)27-15-19-29(20-16-27)32-23-25-11-17-28(31)18-12-25/h11-12,15-20,24,26,32H,2-10,13-14,21-23,31H2,1H3. The lowest BCUT2D eigenvalue weighted by molar-refractivity contribution is 0.124. The molecule has 2 saturated carbocycles. The number of rotatable bonds is 9. The van der Waals surface area contributed by atoms with Gasteiger partial charge in [0.05, 0.1) is 0 Å². The Balaban J connectivity index is 1.40. The molecule has 2 fully saturated rings. The summed E-state index contributed by atoms with van der Waals surface area (Å²) in [5, 5.41) is 3.59. The summed E-state index contributed by atoms with van der Waals surface area (Å²) >= 11 is 0. The zero-order valence-electron chi connectivity index (χ0n) is 20.3. The second kappa shape index (κ2) is 11.3. The minimum absolute atomic E-state index is 0.433. The predicted octanol–water partition coefficient (Wildman–Crippen LogP) is 8.47. The molecule has 4 rings (SSSR count). The summed E-state index contributed by atoms with van der Waals surface area (Å²) in [7, 11) is 0. The van der Waals surface area contributed by atoms with E-state index in [1.165, 1.54) is 94.7 Å². The van der Waals surface area contributed by atoms with Crippen LogP contribution in [-0.4, -0.2) is 0 Å². The Bertz CT molecular complexity index is 794. The third-order valence-electron chi connectivity index (χ3n) is 8.53. The maximum atomic E-state index is 5.81. The molecule has 2 aromatic carbocycles. The number of anilines is 2. The molecular formula is C30H44N2. The fraction of sp³-hybridized carbons (Fsp3) is 0.600. The first-order valence-corrected chi connectivity index (χ1v) is 13.4. The lowest BCUT2D eigenvalue weighted by Crippen LogP contribution is -2.39. The van der Waals surface area contributed by atoms with Crippen molar-refractivity contribution in [3.63, 3.8) is 0 Å². The number of benzene rings is 2. The first kappa shape index (κ1) is 23.2. The van der Waals surface area contributed by atoms with Crippen molar-refractivity contribution in [2.45, 2.75) is 102 Å². The molecule has 0 atom stereocenters. The van der Waals surface area contributed by atoms with Crippen molar-refractivity contribution in [2.24, 2.45) is 11.8 Å². The molecule has 0 amide bonds. The van der Waals surface area contributed by atoms with Gasteiger partial charge < -0.3 is 11.1 Å². The van der Waals surface area contributed by atoms with Crippen molar-refractivity contribution >= 4 is 11.4 Å². The van der Waals surface area contributed by atoms with Crippen molar-refractivity contribution in [1.29, 1.82) is 0 Å². The maximum absolute atomic E-state index is 5.81. The quantitative estimate of drug-likeness (QED) is 0.308. The average molecular weight is 433 g/mol. The normalized spacial score (nSPS) is 23.0. The van der Waals surface area contributed by atoms with Gasteiger partial charge in [0.2, 0.25) is 0 Å². The zero-order valence-corrected chi connectivity index (χ0v) is 20.3. The number of nitrogens with one attached hydrogen (secondary N) is 1. The summed E-state index contributed by atoms with van der Waals surface area (Å²) in [5.41, 5.74) is 11.2. The minimum Gasteiger partial charge on any atom is -0.399 e. The van der Waals surface area contributed by atoms with Gasteiger partial charge in [0.25, 0.3) is 0 Å². The van der Waals surface area contributed by atoms with E-state index in [1.807, 2.05) is 12.1 Å². The number of nitrogen functional groups attached to an aromatic ring is 1. The van der Waals surface area contributed by atoms with Crippen LogP contribution < -0.4 is 11.1 Å². The minimum atomic E-state index is 0.433. The summed E-state index contributed by atoms with van der Waals surface area (Å²) in [4.78, 5) is 0. The summed E-state index contributed by atoms with van der Waals surface area (Å²) in [5.74, 6) is 1.89. The van der Waals surface area contributed by atoms with E-state index in [0.717, 1.165) is 24.1 Å². The first-order valence-electron chi connectivity index (χ1n) is 13.4. The van der Waals surface area contributed by atoms with Gasteiger partial charge in [-0.1, -0.05) is 89.0 Å². The molecule has 2 aliphatic rings. The van der Waals surface area contributed by atoms with E-state index in [2.05, 4.69) is 48.6 Å². The lowest BCUT2D eigenvalue weighted by atomic mass is 9.57. The van der Waals surface area contributed by atoms with Crippen LogP contribution in [0.2, 0.25) is 0 Å². The highest BCUT2D eigenvalue weighted by atomic mass is 14.9. The van der Waals surface area contributed by atoms with Gasteiger partial charge in [0.15, 0.2) is 0 Å². The van der Waals surface area contributed by atoms with Crippen molar-refractivity contribution < 1.29 is 0 Å². The highest BCUT2D eigenvalue weighted by Crippen LogP contribution is 2.51. The molecule has 0 aromatic heterocycles. The van der Waals surface area contributed by atoms with Crippen LogP contribution >= 0.6 is 0 Å². The Labute approximate surface area is 196 Å². The van der Waals surface area contributed by atoms with Crippen LogP contribution in [0.3, 0.4) is 0 Å². The SMILES string of the molecule is CCCCCC1CCC(C2(c3ccc(NCc4ccc(N)cc4)cc3)CCCCC2)CC1. The van der Waals surface area contributed by atoms with Crippen LogP contribution in [0, 0.1) is 11.8 Å². The van der Waals surface area contributed by atoms with E-state index in [9.17, 15) is 0 Å². The fourth-order valence-electron chi connectivity index (χ4n) is 6.56. The third kappa shape index (κ3) is 5.69. The van der Waals surface area contributed by atoms with Gasteiger partial charge in [-0.2, -0.15) is 0 Å². The van der Waals surface area contributed by atoms with E-state index in [-0.39, 0.29) is 0 Å². The van der Waals surface area contributed by atoms with Crippen LogP contribution in [0.5, 0.6) is 0 Å². The molecule has 0 saturated heterocycles.